The molecule has 0 aliphatic carbocycles. The van der Waals surface area contributed by atoms with Crippen LogP contribution in [0, 0.1) is 0 Å². The van der Waals surface area contributed by atoms with Gasteiger partial charge < -0.3 is 15.2 Å². The highest BCUT2D eigenvalue weighted by Gasteiger charge is 2.30. The highest BCUT2D eigenvalue weighted by molar-refractivity contribution is 7.86. The summed E-state index contributed by atoms with van der Waals surface area (Å²) in [5, 5.41) is 11.8. The molecule has 26 heavy (non-hydrogen) atoms. The molecule has 1 aliphatic heterocycles. The number of carbonyl (C=O) groups excluding carboxylic acids is 1. The van der Waals surface area contributed by atoms with Crippen LogP contribution in [-0.4, -0.2) is 74.0 Å². The Bertz CT molecular complexity index is 696. The molecule has 0 aromatic heterocycles. The van der Waals surface area contributed by atoms with E-state index >= 15 is 0 Å². The maximum Gasteiger partial charge on any atom is 0.281 e. The van der Waals surface area contributed by atoms with Gasteiger partial charge in [0.1, 0.15) is 11.9 Å². The standard InChI is InChI=1S/C17H27N3O5S/c1-13(21)12-18-17(22)14-4-6-15(7-5-14)25-16-8-10-20(11-9-16)26(23,24)19(2)3/h4-7,13,16,21H,8-12H2,1-3H3,(H,18,22). The summed E-state index contributed by atoms with van der Waals surface area (Å²) >= 11 is 0. The summed E-state index contributed by atoms with van der Waals surface area (Å²) < 4.78 is 32.8. The molecule has 0 spiro atoms. The lowest BCUT2D eigenvalue weighted by Gasteiger charge is -2.32. The number of amides is 1. The van der Waals surface area contributed by atoms with Crippen molar-refractivity contribution in [3.05, 3.63) is 29.8 Å². The number of carbonyl (C=O) groups is 1. The van der Waals surface area contributed by atoms with Crippen molar-refractivity contribution in [2.75, 3.05) is 33.7 Å². The highest BCUT2D eigenvalue weighted by atomic mass is 32.2. The van der Waals surface area contributed by atoms with Gasteiger partial charge in [0.25, 0.3) is 16.1 Å². The number of piperidine rings is 1. The van der Waals surface area contributed by atoms with Crippen molar-refractivity contribution in [2.24, 2.45) is 0 Å². The number of hydrogen-bond donors (Lipinski definition) is 2. The second-order valence-corrected chi connectivity index (χ2v) is 8.73. The topological polar surface area (TPSA) is 99.2 Å². The molecule has 1 atom stereocenters. The molecule has 1 unspecified atom stereocenters. The maximum atomic E-state index is 12.1. The third kappa shape index (κ3) is 5.41. The van der Waals surface area contributed by atoms with Gasteiger partial charge >= 0.3 is 0 Å². The fraction of sp³-hybridized carbons (Fsp3) is 0.588. The molecule has 1 aromatic rings. The Kier molecular flexibility index (Phi) is 6.99. The van der Waals surface area contributed by atoms with E-state index in [0.717, 1.165) is 0 Å². The summed E-state index contributed by atoms with van der Waals surface area (Å²) in [6.07, 6.45) is 0.579. The monoisotopic (exact) mass is 385 g/mol. The lowest BCUT2D eigenvalue weighted by molar-refractivity contribution is 0.0924. The van der Waals surface area contributed by atoms with Crippen molar-refractivity contribution >= 4 is 16.1 Å². The molecule has 1 fully saturated rings. The van der Waals surface area contributed by atoms with E-state index < -0.39 is 16.3 Å². The number of nitrogens with one attached hydrogen (secondary N) is 1. The number of aliphatic hydroxyl groups excluding tert-OH is 1. The van der Waals surface area contributed by atoms with Gasteiger partial charge in [0.2, 0.25) is 0 Å². The van der Waals surface area contributed by atoms with Crippen LogP contribution < -0.4 is 10.1 Å². The predicted octanol–water partition coefficient (Wildman–Crippen LogP) is 0.447. The number of hydrogen-bond acceptors (Lipinski definition) is 5. The van der Waals surface area contributed by atoms with Crippen LogP contribution in [0.5, 0.6) is 5.75 Å². The number of ether oxygens (including phenoxy) is 1. The summed E-state index contributed by atoms with van der Waals surface area (Å²) in [7, 11) is -0.325. The number of aliphatic hydroxyl groups is 1. The van der Waals surface area contributed by atoms with Gasteiger partial charge in [-0.2, -0.15) is 17.0 Å². The molecule has 1 aromatic carbocycles. The van der Waals surface area contributed by atoms with Gasteiger partial charge in [0.05, 0.1) is 6.10 Å². The minimum atomic E-state index is -3.37. The molecule has 0 bridgehead atoms. The number of benzene rings is 1. The second kappa shape index (κ2) is 8.81. The molecular weight excluding hydrogens is 358 g/mol. The average molecular weight is 385 g/mol. The first-order valence-electron chi connectivity index (χ1n) is 8.60. The van der Waals surface area contributed by atoms with E-state index in [1.807, 2.05) is 0 Å². The van der Waals surface area contributed by atoms with Gasteiger partial charge in [-0.05, 0) is 44.0 Å². The van der Waals surface area contributed by atoms with Gasteiger partial charge in [-0.1, -0.05) is 0 Å². The third-order valence-corrected chi connectivity index (χ3v) is 6.11. The SMILES string of the molecule is CC(O)CNC(=O)c1ccc(OC2CCN(S(=O)(=O)N(C)C)CC2)cc1. The van der Waals surface area contributed by atoms with E-state index in [2.05, 4.69) is 5.32 Å². The summed E-state index contributed by atoms with van der Waals surface area (Å²) in [5.41, 5.74) is 0.491. The van der Waals surface area contributed by atoms with Crippen LogP contribution >= 0.6 is 0 Å². The van der Waals surface area contributed by atoms with Crippen molar-refractivity contribution in [3.8, 4) is 5.75 Å². The molecule has 1 amide bonds. The van der Waals surface area contributed by atoms with Gasteiger partial charge in [-0.15, -0.1) is 0 Å². The first kappa shape index (κ1) is 20.6. The first-order valence-corrected chi connectivity index (χ1v) is 10.0. The zero-order valence-electron chi connectivity index (χ0n) is 15.4. The Hall–Kier alpha value is -1.68. The van der Waals surface area contributed by atoms with Gasteiger partial charge in [0, 0.05) is 39.3 Å². The van der Waals surface area contributed by atoms with Crippen molar-refractivity contribution < 1.29 is 23.1 Å². The van der Waals surface area contributed by atoms with Gasteiger partial charge in [-0.3, -0.25) is 4.79 Å². The van der Waals surface area contributed by atoms with Crippen molar-refractivity contribution in [3.63, 3.8) is 0 Å². The Morgan fingerprint density at radius 2 is 1.88 bits per heavy atom. The van der Waals surface area contributed by atoms with Crippen LogP contribution in [0.25, 0.3) is 0 Å². The Balaban J connectivity index is 1.86. The largest absolute Gasteiger partial charge is 0.490 e. The molecule has 1 aliphatic rings. The van der Waals surface area contributed by atoms with Crippen molar-refractivity contribution in [1.29, 1.82) is 0 Å². The van der Waals surface area contributed by atoms with E-state index in [0.29, 0.717) is 37.2 Å². The first-order chi connectivity index (χ1) is 12.2. The van der Waals surface area contributed by atoms with Crippen LogP contribution in [0.3, 0.4) is 0 Å². The van der Waals surface area contributed by atoms with Crippen LogP contribution in [-0.2, 0) is 10.2 Å². The summed E-state index contributed by atoms with van der Waals surface area (Å²) in [4.78, 5) is 11.9. The normalized spacial score (nSPS) is 17.9. The quantitative estimate of drug-likeness (QED) is 0.710. The molecule has 0 saturated carbocycles. The molecular formula is C17H27N3O5S. The minimum Gasteiger partial charge on any atom is -0.490 e. The van der Waals surface area contributed by atoms with E-state index in [1.165, 1.54) is 22.7 Å². The van der Waals surface area contributed by atoms with E-state index in [9.17, 15) is 18.3 Å². The summed E-state index contributed by atoms with van der Waals surface area (Å²) in [6.45, 7) is 2.65. The van der Waals surface area contributed by atoms with E-state index in [-0.39, 0.29) is 18.6 Å². The zero-order valence-corrected chi connectivity index (χ0v) is 16.2. The summed E-state index contributed by atoms with van der Waals surface area (Å²) in [5.74, 6) is 0.394. The molecule has 1 saturated heterocycles. The molecule has 9 heteroatoms. The fourth-order valence-electron chi connectivity index (χ4n) is 2.63. The molecule has 2 rings (SSSR count). The van der Waals surface area contributed by atoms with Gasteiger partial charge in [-0.25, -0.2) is 0 Å². The zero-order chi connectivity index (χ0) is 19.3. The lowest BCUT2D eigenvalue weighted by atomic mass is 10.1. The highest BCUT2D eigenvalue weighted by Crippen LogP contribution is 2.21. The third-order valence-electron chi connectivity index (χ3n) is 4.17. The Morgan fingerprint density at radius 3 is 2.38 bits per heavy atom. The lowest BCUT2D eigenvalue weighted by Crippen LogP contribution is -2.46. The molecule has 8 nitrogen and oxygen atoms in total. The number of nitrogens with zero attached hydrogens (tertiary/aromatic N) is 2. The van der Waals surface area contributed by atoms with Crippen molar-refractivity contribution in [2.45, 2.75) is 32.0 Å². The average Bonchev–Trinajstić information content (AvgIpc) is 2.60. The van der Waals surface area contributed by atoms with Crippen LogP contribution in [0.2, 0.25) is 0 Å². The van der Waals surface area contributed by atoms with E-state index in [4.69, 9.17) is 4.74 Å². The van der Waals surface area contributed by atoms with Crippen molar-refractivity contribution in [1.82, 2.24) is 13.9 Å². The van der Waals surface area contributed by atoms with Crippen LogP contribution in [0.15, 0.2) is 24.3 Å². The fourth-order valence-corrected chi connectivity index (χ4v) is 3.77. The molecule has 0 radical (unpaired) electrons. The molecule has 146 valence electrons. The Labute approximate surface area is 154 Å². The summed E-state index contributed by atoms with van der Waals surface area (Å²) in [6, 6.07) is 6.77. The predicted molar refractivity (Wildman–Crippen MR) is 98.3 cm³/mol. The maximum absolute atomic E-state index is 12.1. The number of rotatable bonds is 7. The van der Waals surface area contributed by atoms with E-state index in [1.54, 1.807) is 31.2 Å². The minimum absolute atomic E-state index is 0.0569. The molecule has 1 heterocycles. The smallest absolute Gasteiger partial charge is 0.281 e. The van der Waals surface area contributed by atoms with Crippen LogP contribution in [0.4, 0.5) is 0 Å². The second-order valence-electron chi connectivity index (χ2n) is 6.59. The Morgan fingerprint density at radius 1 is 1.31 bits per heavy atom. The molecule has 2 N–H and O–H groups in total. The van der Waals surface area contributed by atoms with Gasteiger partial charge in [0.15, 0.2) is 0 Å². The van der Waals surface area contributed by atoms with Crippen LogP contribution in [0.1, 0.15) is 30.1 Å².